The first-order chi connectivity index (χ1) is 9.92. The largest absolute Gasteiger partial charge is 0.311 e. The topological polar surface area (TPSA) is 15.3 Å². The van der Waals surface area contributed by atoms with E-state index in [0.717, 1.165) is 26.2 Å². The van der Waals surface area contributed by atoms with E-state index in [1.807, 2.05) is 0 Å². The van der Waals surface area contributed by atoms with E-state index < -0.39 is 0 Å². The number of rotatable bonds is 1. The number of benzene rings is 2. The third kappa shape index (κ3) is 2.05. The summed E-state index contributed by atoms with van der Waals surface area (Å²) in [5, 5.41) is 3.57. The highest BCUT2D eigenvalue weighted by Crippen LogP contribution is 2.31. The molecule has 2 aliphatic heterocycles. The van der Waals surface area contributed by atoms with Crippen molar-refractivity contribution >= 4 is 0 Å². The van der Waals surface area contributed by atoms with Crippen molar-refractivity contribution in [2.24, 2.45) is 0 Å². The lowest BCUT2D eigenvalue weighted by atomic mass is 9.92. The molecule has 0 saturated carbocycles. The Hall–Kier alpha value is -1.64. The molecule has 2 heteroatoms. The third-order valence-corrected chi connectivity index (χ3v) is 4.67. The van der Waals surface area contributed by atoms with Crippen molar-refractivity contribution in [1.82, 2.24) is 10.2 Å². The van der Waals surface area contributed by atoms with Gasteiger partial charge >= 0.3 is 0 Å². The first kappa shape index (κ1) is 12.1. The van der Waals surface area contributed by atoms with Gasteiger partial charge in [-0.2, -0.15) is 0 Å². The van der Waals surface area contributed by atoms with Gasteiger partial charge in [0.05, 0.1) is 0 Å². The summed E-state index contributed by atoms with van der Waals surface area (Å²) in [6.45, 7) is 4.32. The predicted molar refractivity (Wildman–Crippen MR) is 81.4 cm³/mol. The first-order valence-corrected chi connectivity index (χ1v) is 7.51. The zero-order valence-corrected chi connectivity index (χ0v) is 11.7. The number of hydrogen-bond donors (Lipinski definition) is 1. The molecule has 1 unspecified atom stereocenters. The fourth-order valence-electron chi connectivity index (χ4n) is 3.58. The van der Waals surface area contributed by atoms with Crippen LogP contribution >= 0.6 is 0 Å². The molecule has 20 heavy (non-hydrogen) atoms. The van der Waals surface area contributed by atoms with Crippen LogP contribution in [0.15, 0.2) is 48.5 Å². The number of hydrogen-bond acceptors (Lipinski definition) is 2. The Kier molecular flexibility index (Phi) is 3.06. The molecule has 4 rings (SSSR count). The average molecular weight is 264 g/mol. The Morgan fingerprint density at radius 1 is 0.900 bits per heavy atom. The average Bonchev–Trinajstić information content (AvgIpc) is 2.54. The maximum atomic E-state index is 3.57. The number of fused-ring (bicyclic) bond motifs is 2. The zero-order valence-electron chi connectivity index (χ0n) is 11.7. The summed E-state index contributed by atoms with van der Waals surface area (Å²) in [5.41, 5.74) is 6.01. The maximum absolute atomic E-state index is 3.57. The number of nitrogens with zero attached hydrogens (tertiary/aromatic N) is 1. The molecule has 1 atom stereocenters. The summed E-state index contributed by atoms with van der Waals surface area (Å²) in [6.07, 6.45) is 1.18. The molecule has 0 spiro atoms. The number of nitrogens with one attached hydrogen (secondary N) is 1. The fourth-order valence-corrected chi connectivity index (χ4v) is 3.58. The van der Waals surface area contributed by atoms with Crippen LogP contribution in [0.1, 0.15) is 28.3 Å². The van der Waals surface area contributed by atoms with Gasteiger partial charge in [0.15, 0.2) is 0 Å². The molecule has 2 aromatic rings. The van der Waals surface area contributed by atoms with E-state index in [9.17, 15) is 0 Å². The quantitative estimate of drug-likeness (QED) is 0.852. The van der Waals surface area contributed by atoms with E-state index in [1.165, 1.54) is 28.7 Å². The molecule has 0 amide bonds. The van der Waals surface area contributed by atoms with Gasteiger partial charge in [-0.1, -0.05) is 48.5 Å². The van der Waals surface area contributed by atoms with Crippen molar-refractivity contribution in [2.45, 2.75) is 25.6 Å². The second kappa shape index (κ2) is 5.04. The first-order valence-electron chi connectivity index (χ1n) is 7.51. The van der Waals surface area contributed by atoms with Gasteiger partial charge in [0.25, 0.3) is 0 Å². The molecular weight excluding hydrogens is 244 g/mol. The van der Waals surface area contributed by atoms with Crippen molar-refractivity contribution in [3.05, 3.63) is 70.8 Å². The highest BCUT2D eigenvalue weighted by atomic mass is 15.2. The summed E-state index contributed by atoms with van der Waals surface area (Å²) in [4.78, 5) is 2.63. The SMILES string of the molecule is c1ccc2c(c1)CCN(C1CNCc3ccccc31)C2. The molecule has 2 aliphatic rings. The lowest BCUT2D eigenvalue weighted by Gasteiger charge is -2.39. The van der Waals surface area contributed by atoms with Crippen LogP contribution in [0.5, 0.6) is 0 Å². The van der Waals surface area contributed by atoms with Crippen molar-refractivity contribution in [3.63, 3.8) is 0 Å². The van der Waals surface area contributed by atoms with Gasteiger partial charge in [0.1, 0.15) is 0 Å². The molecular formula is C18H20N2. The lowest BCUT2D eigenvalue weighted by Crippen LogP contribution is -2.42. The van der Waals surface area contributed by atoms with Gasteiger partial charge in [0.2, 0.25) is 0 Å². The van der Waals surface area contributed by atoms with Crippen LogP contribution in [0.25, 0.3) is 0 Å². The normalized spacial score (nSPS) is 22.1. The Labute approximate surface area is 120 Å². The second-order valence-corrected chi connectivity index (χ2v) is 5.83. The van der Waals surface area contributed by atoms with Crippen LogP contribution in [-0.4, -0.2) is 18.0 Å². The summed E-state index contributed by atoms with van der Waals surface area (Å²) in [5.74, 6) is 0. The minimum Gasteiger partial charge on any atom is -0.311 e. The Bertz CT molecular complexity index is 620. The maximum Gasteiger partial charge on any atom is 0.0479 e. The molecule has 0 aliphatic carbocycles. The fraction of sp³-hybridized carbons (Fsp3) is 0.333. The molecule has 2 nitrogen and oxygen atoms in total. The molecule has 0 radical (unpaired) electrons. The van der Waals surface area contributed by atoms with E-state index in [1.54, 1.807) is 0 Å². The molecule has 0 saturated heterocycles. The van der Waals surface area contributed by atoms with Crippen LogP contribution in [0.3, 0.4) is 0 Å². The Morgan fingerprint density at radius 3 is 2.55 bits per heavy atom. The summed E-state index contributed by atoms with van der Waals surface area (Å²) in [6, 6.07) is 18.3. The van der Waals surface area contributed by atoms with Gasteiger partial charge in [-0.15, -0.1) is 0 Å². The monoisotopic (exact) mass is 264 g/mol. The minimum absolute atomic E-state index is 0.522. The van der Waals surface area contributed by atoms with Crippen LogP contribution < -0.4 is 5.32 Å². The van der Waals surface area contributed by atoms with Crippen molar-refractivity contribution in [3.8, 4) is 0 Å². The lowest BCUT2D eigenvalue weighted by molar-refractivity contribution is 0.168. The highest BCUT2D eigenvalue weighted by Gasteiger charge is 2.27. The Balaban J connectivity index is 1.64. The summed E-state index contributed by atoms with van der Waals surface area (Å²) >= 11 is 0. The van der Waals surface area contributed by atoms with Crippen LogP contribution in [0.4, 0.5) is 0 Å². The van der Waals surface area contributed by atoms with E-state index in [4.69, 9.17) is 0 Å². The molecule has 2 heterocycles. The molecule has 102 valence electrons. The zero-order chi connectivity index (χ0) is 13.4. The summed E-state index contributed by atoms with van der Waals surface area (Å²) in [7, 11) is 0. The van der Waals surface area contributed by atoms with Crippen molar-refractivity contribution < 1.29 is 0 Å². The van der Waals surface area contributed by atoms with E-state index in [0.29, 0.717) is 6.04 Å². The van der Waals surface area contributed by atoms with Gasteiger partial charge in [-0.05, 0) is 28.7 Å². The van der Waals surface area contributed by atoms with Crippen molar-refractivity contribution in [1.29, 1.82) is 0 Å². The van der Waals surface area contributed by atoms with Gasteiger partial charge in [-0.3, -0.25) is 4.90 Å². The van der Waals surface area contributed by atoms with Gasteiger partial charge < -0.3 is 5.32 Å². The Morgan fingerprint density at radius 2 is 1.65 bits per heavy atom. The molecule has 2 aromatic carbocycles. The van der Waals surface area contributed by atoms with E-state index in [2.05, 4.69) is 58.7 Å². The molecule has 1 N–H and O–H groups in total. The van der Waals surface area contributed by atoms with Crippen LogP contribution in [-0.2, 0) is 19.5 Å². The van der Waals surface area contributed by atoms with E-state index >= 15 is 0 Å². The molecule has 0 bridgehead atoms. The van der Waals surface area contributed by atoms with Crippen molar-refractivity contribution in [2.75, 3.05) is 13.1 Å². The van der Waals surface area contributed by atoms with Gasteiger partial charge in [0, 0.05) is 32.2 Å². The van der Waals surface area contributed by atoms with Crippen LogP contribution in [0.2, 0.25) is 0 Å². The second-order valence-electron chi connectivity index (χ2n) is 5.83. The predicted octanol–water partition coefficient (Wildman–Crippen LogP) is 2.89. The van der Waals surface area contributed by atoms with Gasteiger partial charge in [-0.25, -0.2) is 0 Å². The minimum atomic E-state index is 0.522. The molecule has 0 fully saturated rings. The third-order valence-electron chi connectivity index (χ3n) is 4.67. The van der Waals surface area contributed by atoms with E-state index in [-0.39, 0.29) is 0 Å². The highest BCUT2D eigenvalue weighted by molar-refractivity contribution is 5.34. The summed E-state index contributed by atoms with van der Waals surface area (Å²) < 4.78 is 0. The molecule has 0 aromatic heterocycles. The smallest absolute Gasteiger partial charge is 0.0479 e. The van der Waals surface area contributed by atoms with Crippen LogP contribution in [0, 0.1) is 0 Å². The standard InChI is InChI=1S/C18H20N2/c1-2-7-16-13-20(10-9-14(16)5-1)18-12-19-11-15-6-3-4-8-17(15)18/h1-8,18-19H,9-13H2.